The van der Waals surface area contributed by atoms with Gasteiger partial charge in [0.1, 0.15) is 11.5 Å². The predicted octanol–water partition coefficient (Wildman–Crippen LogP) is 2.28. The molecule has 2 amide bonds. The van der Waals surface area contributed by atoms with E-state index in [1.54, 1.807) is 49.1 Å². The summed E-state index contributed by atoms with van der Waals surface area (Å²) in [5.74, 6) is 0.304. The summed E-state index contributed by atoms with van der Waals surface area (Å²) in [6.45, 7) is 3.98. The highest BCUT2D eigenvalue weighted by Crippen LogP contribution is 2.34. The number of aryl methyl sites for hydroxylation is 1. The highest BCUT2D eigenvalue weighted by atomic mass is 35.5. The lowest BCUT2D eigenvalue weighted by molar-refractivity contribution is -0.139. The number of carbonyl (C=O) groups excluding carboxylic acids is 2. The lowest BCUT2D eigenvalue weighted by atomic mass is 10.2. The molecule has 0 saturated carbocycles. The third-order valence-corrected chi connectivity index (χ3v) is 7.81. The number of ether oxygens (including phenoxy) is 2. The lowest BCUT2D eigenvalue weighted by Crippen LogP contribution is -2.53. The second-order valence-corrected chi connectivity index (χ2v) is 10.2. The zero-order valence-electron chi connectivity index (χ0n) is 18.2. The summed E-state index contributed by atoms with van der Waals surface area (Å²) < 4.78 is 39.0. The van der Waals surface area contributed by atoms with Crippen LogP contribution in [0, 0.1) is 6.92 Å². The Kier molecular flexibility index (Phi) is 6.51. The molecular weight excluding hydrogens is 470 g/mol. The minimum atomic E-state index is -3.81. The van der Waals surface area contributed by atoms with Gasteiger partial charge in [-0.25, -0.2) is 8.42 Å². The number of nitrogens with one attached hydrogen (secondary N) is 1. The molecule has 0 unspecified atom stereocenters. The number of carbonyl (C=O) groups is 2. The van der Waals surface area contributed by atoms with Crippen LogP contribution in [-0.4, -0.2) is 68.3 Å². The van der Waals surface area contributed by atoms with Crippen LogP contribution in [0.4, 0.5) is 5.69 Å². The summed E-state index contributed by atoms with van der Waals surface area (Å²) in [6, 6.07) is 9.83. The minimum Gasteiger partial charge on any atom is -0.482 e. The maximum Gasteiger partial charge on any atom is 0.263 e. The van der Waals surface area contributed by atoms with E-state index in [-0.39, 0.29) is 49.5 Å². The maximum absolute atomic E-state index is 13.3. The molecule has 0 radical (unpaired) electrons. The van der Waals surface area contributed by atoms with Gasteiger partial charge in [0.15, 0.2) is 12.7 Å². The van der Waals surface area contributed by atoms with Crippen molar-refractivity contribution in [1.82, 2.24) is 9.21 Å². The summed E-state index contributed by atoms with van der Waals surface area (Å²) in [7, 11) is -3.81. The number of rotatable bonds is 5. The second kappa shape index (κ2) is 9.20. The minimum absolute atomic E-state index is 0.120. The molecule has 0 spiro atoms. The smallest absolute Gasteiger partial charge is 0.263 e. The van der Waals surface area contributed by atoms with E-state index in [1.807, 2.05) is 0 Å². The molecule has 2 aromatic carbocycles. The molecule has 1 N–H and O–H groups in total. The Morgan fingerprint density at radius 1 is 1.18 bits per heavy atom. The van der Waals surface area contributed by atoms with Gasteiger partial charge in [-0.1, -0.05) is 17.7 Å². The summed E-state index contributed by atoms with van der Waals surface area (Å²) in [5.41, 5.74) is 0.952. The van der Waals surface area contributed by atoms with Crippen LogP contribution in [0.5, 0.6) is 11.5 Å². The van der Waals surface area contributed by atoms with Crippen LogP contribution in [0.15, 0.2) is 41.3 Å². The van der Waals surface area contributed by atoms with Gasteiger partial charge in [-0.05, 0) is 43.7 Å². The number of fused-ring (bicyclic) bond motifs is 1. The summed E-state index contributed by atoms with van der Waals surface area (Å²) in [6.07, 6.45) is -0.734. The van der Waals surface area contributed by atoms with Gasteiger partial charge in [-0.2, -0.15) is 4.31 Å². The second-order valence-electron chi connectivity index (χ2n) is 7.90. The third kappa shape index (κ3) is 4.92. The lowest BCUT2D eigenvalue weighted by Gasteiger charge is -2.35. The first-order chi connectivity index (χ1) is 15.6. The van der Waals surface area contributed by atoms with Crippen molar-refractivity contribution in [3.63, 3.8) is 0 Å². The topological polar surface area (TPSA) is 105 Å². The van der Waals surface area contributed by atoms with Crippen molar-refractivity contribution in [1.29, 1.82) is 0 Å². The number of piperazine rings is 1. The molecule has 0 aromatic heterocycles. The van der Waals surface area contributed by atoms with Crippen molar-refractivity contribution in [3.8, 4) is 11.5 Å². The van der Waals surface area contributed by atoms with E-state index in [4.69, 9.17) is 21.1 Å². The fraction of sp³-hybridized carbons (Fsp3) is 0.364. The number of anilines is 1. The van der Waals surface area contributed by atoms with E-state index in [0.717, 1.165) is 0 Å². The van der Waals surface area contributed by atoms with Gasteiger partial charge in [-0.3, -0.25) is 9.59 Å². The standard InChI is InChI=1S/C22H24ClN3O6S/c1-14-10-18-19(31-13-21(27)24-18)12-20(14)33(29,30)26-8-6-25(7-9-26)22(28)15(2)32-17-5-3-4-16(23)11-17/h3-5,10-12,15H,6-9,13H2,1-2H3,(H,24,27)/t15-/m0/s1. The average molecular weight is 494 g/mol. The van der Waals surface area contributed by atoms with Crippen LogP contribution < -0.4 is 14.8 Å². The predicted molar refractivity (Wildman–Crippen MR) is 122 cm³/mol. The van der Waals surface area contributed by atoms with E-state index < -0.39 is 16.1 Å². The quantitative estimate of drug-likeness (QED) is 0.685. The van der Waals surface area contributed by atoms with Crippen LogP contribution in [-0.2, 0) is 19.6 Å². The number of halogens is 1. The van der Waals surface area contributed by atoms with Gasteiger partial charge >= 0.3 is 0 Å². The molecule has 11 heteroatoms. The summed E-state index contributed by atoms with van der Waals surface area (Å²) in [5, 5.41) is 3.18. The molecule has 2 aliphatic rings. The molecule has 176 valence electrons. The van der Waals surface area contributed by atoms with Crippen LogP contribution in [0.3, 0.4) is 0 Å². The molecule has 9 nitrogen and oxygen atoms in total. The normalized spacial score (nSPS) is 17.5. The number of benzene rings is 2. The van der Waals surface area contributed by atoms with Gasteiger partial charge in [0.25, 0.3) is 11.8 Å². The fourth-order valence-electron chi connectivity index (χ4n) is 3.83. The molecule has 1 fully saturated rings. The molecule has 2 heterocycles. The van der Waals surface area contributed by atoms with Crippen LogP contribution in [0.25, 0.3) is 0 Å². The number of sulfonamides is 1. The van der Waals surface area contributed by atoms with Crippen molar-refractivity contribution in [2.45, 2.75) is 24.8 Å². The van der Waals surface area contributed by atoms with Crippen molar-refractivity contribution in [3.05, 3.63) is 47.0 Å². The zero-order valence-corrected chi connectivity index (χ0v) is 19.8. The molecule has 1 atom stereocenters. The van der Waals surface area contributed by atoms with Crippen molar-refractivity contribution in [2.24, 2.45) is 0 Å². The van der Waals surface area contributed by atoms with Crippen LogP contribution in [0.2, 0.25) is 5.02 Å². The van der Waals surface area contributed by atoms with E-state index in [9.17, 15) is 18.0 Å². The fourth-order valence-corrected chi connectivity index (χ4v) is 5.66. The van der Waals surface area contributed by atoms with E-state index in [1.165, 1.54) is 10.4 Å². The van der Waals surface area contributed by atoms with E-state index in [2.05, 4.69) is 5.32 Å². The van der Waals surface area contributed by atoms with Gasteiger partial charge in [0, 0.05) is 37.3 Å². The first-order valence-electron chi connectivity index (χ1n) is 10.4. The number of hydrogen-bond acceptors (Lipinski definition) is 6. The Morgan fingerprint density at radius 3 is 2.61 bits per heavy atom. The van der Waals surface area contributed by atoms with Crippen LogP contribution in [0.1, 0.15) is 12.5 Å². The van der Waals surface area contributed by atoms with E-state index in [0.29, 0.717) is 27.8 Å². The van der Waals surface area contributed by atoms with Gasteiger partial charge < -0.3 is 19.7 Å². The van der Waals surface area contributed by atoms with Crippen LogP contribution >= 0.6 is 11.6 Å². The van der Waals surface area contributed by atoms with E-state index >= 15 is 0 Å². The maximum atomic E-state index is 13.3. The highest BCUT2D eigenvalue weighted by molar-refractivity contribution is 7.89. The molecule has 33 heavy (non-hydrogen) atoms. The molecule has 2 aliphatic heterocycles. The van der Waals surface area contributed by atoms with Gasteiger partial charge in [0.2, 0.25) is 10.0 Å². The van der Waals surface area contributed by atoms with Crippen molar-refractivity contribution >= 4 is 39.1 Å². The Labute approximate surface area is 197 Å². The van der Waals surface area contributed by atoms with Gasteiger partial charge in [-0.15, -0.1) is 0 Å². The number of amides is 2. The molecule has 0 aliphatic carbocycles. The average Bonchev–Trinajstić information content (AvgIpc) is 2.78. The molecular formula is C22H24ClN3O6S. The van der Waals surface area contributed by atoms with Crippen molar-refractivity contribution in [2.75, 3.05) is 38.1 Å². The summed E-state index contributed by atoms with van der Waals surface area (Å²) in [4.78, 5) is 26.0. The molecule has 2 aromatic rings. The monoisotopic (exact) mass is 493 g/mol. The molecule has 4 rings (SSSR count). The zero-order chi connectivity index (χ0) is 23.8. The Balaban J connectivity index is 1.42. The Morgan fingerprint density at radius 2 is 1.91 bits per heavy atom. The van der Waals surface area contributed by atoms with Gasteiger partial charge in [0.05, 0.1) is 10.6 Å². The SMILES string of the molecule is Cc1cc2c(cc1S(=O)(=O)N1CCN(C(=O)[C@H](C)Oc3cccc(Cl)c3)CC1)OCC(=O)N2. The molecule has 1 saturated heterocycles. The Hall–Kier alpha value is -2.82. The number of nitrogens with zero attached hydrogens (tertiary/aromatic N) is 2. The molecule has 0 bridgehead atoms. The largest absolute Gasteiger partial charge is 0.482 e. The first-order valence-corrected chi connectivity index (χ1v) is 12.3. The number of hydrogen-bond donors (Lipinski definition) is 1. The summed E-state index contributed by atoms with van der Waals surface area (Å²) >= 11 is 5.96. The highest BCUT2D eigenvalue weighted by Gasteiger charge is 2.34. The first kappa shape index (κ1) is 23.3. The third-order valence-electron chi connectivity index (χ3n) is 5.53. The van der Waals surface area contributed by atoms with Crippen molar-refractivity contribution < 1.29 is 27.5 Å². The Bertz CT molecular complexity index is 1190.